The summed E-state index contributed by atoms with van der Waals surface area (Å²) >= 11 is 0. The van der Waals surface area contributed by atoms with Crippen LogP contribution in [0.25, 0.3) is 11.3 Å². The normalized spacial score (nSPS) is 11.0. The van der Waals surface area contributed by atoms with E-state index in [9.17, 15) is 9.18 Å². The number of carbonyl (C=O) groups excluding carboxylic acids is 1. The van der Waals surface area contributed by atoms with Crippen LogP contribution in [0.1, 0.15) is 52.3 Å². The quantitative estimate of drug-likeness (QED) is 0.265. The van der Waals surface area contributed by atoms with Gasteiger partial charge in [0.1, 0.15) is 23.9 Å². The number of ether oxygens (including phenoxy) is 1. The lowest BCUT2D eigenvalue weighted by atomic mass is 10.1. The van der Waals surface area contributed by atoms with Gasteiger partial charge < -0.3 is 14.2 Å². The van der Waals surface area contributed by atoms with Crippen molar-refractivity contribution in [3.63, 3.8) is 0 Å². The van der Waals surface area contributed by atoms with Gasteiger partial charge in [-0.1, -0.05) is 11.6 Å². The van der Waals surface area contributed by atoms with Crippen molar-refractivity contribution in [1.82, 2.24) is 20.3 Å². The Balaban J connectivity index is 1.17. The molecule has 0 aliphatic rings. The molecule has 0 saturated carbocycles. The minimum Gasteiger partial charge on any atom is -0.489 e. The maximum atomic E-state index is 13.1. The van der Waals surface area contributed by atoms with Crippen molar-refractivity contribution >= 4 is 5.91 Å². The van der Waals surface area contributed by atoms with Crippen molar-refractivity contribution < 1.29 is 18.4 Å². The number of amides is 1. The van der Waals surface area contributed by atoms with Gasteiger partial charge in [-0.3, -0.25) is 9.89 Å². The molecule has 0 saturated heterocycles. The van der Waals surface area contributed by atoms with E-state index in [2.05, 4.69) is 15.4 Å². The maximum absolute atomic E-state index is 13.1. The molecule has 4 rings (SSSR count). The minimum absolute atomic E-state index is 0.00946. The monoisotopic (exact) mass is 490 g/mol. The maximum Gasteiger partial charge on any atom is 0.253 e. The van der Waals surface area contributed by atoms with Gasteiger partial charge >= 0.3 is 0 Å². The van der Waals surface area contributed by atoms with Crippen LogP contribution in [0.3, 0.4) is 0 Å². The van der Waals surface area contributed by atoms with Gasteiger partial charge in [0.05, 0.1) is 17.0 Å². The van der Waals surface area contributed by atoms with Gasteiger partial charge in [0.25, 0.3) is 5.91 Å². The number of rotatable bonds is 11. The molecule has 2 aromatic heterocycles. The zero-order chi connectivity index (χ0) is 25.5. The molecule has 0 radical (unpaired) electrons. The fraction of sp³-hybridized carbons (Fsp3) is 0.321. The number of halogens is 1. The summed E-state index contributed by atoms with van der Waals surface area (Å²) in [6, 6.07) is 15.5. The fourth-order valence-electron chi connectivity index (χ4n) is 3.98. The van der Waals surface area contributed by atoms with Crippen molar-refractivity contribution in [2.75, 3.05) is 13.6 Å². The Hall–Kier alpha value is -3.94. The number of aromatic nitrogens is 3. The Morgan fingerprint density at radius 2 is 1.81 bits per heavy atom. The second-order valence-electron chi connectivity index (χ2n) is 8.94. The molecular formula is C28H31FN4O3. The highest BCUT2D eigenvalue weighted by Gasteiger charge is 2.13. The lowest BCUT2D eigenvalue weighted by Crippen LogP contribution is -2.27. The molecule has 7 nitrogen and oxygen atoms in total. The van der Waals surface area contributed by atoms with Crippen LogP contribution >= 0.6 is 0 Å². The minimum atomic E-state index is -0.256. The molecule has 0 unspecified atom stereocenters. The third kappa shape index (κ3) is 6.38. The van der Waals surface area contributed by atoms with Crippen molar-refractivity contribution in [3.05, 3.63) is 88.7 Å². The van der Waals surface area contributed by atoms with E-state index < -0.39 is 0 Å². The first-order valence-corrected chi connectivity index (χ1v) is 12.1. The van der Waals surface area contributed by atoms with Crippen LogP contribution in [0.2, 0.25) is 0 Å². The topological polar surface area (TPSA) is 84.2 Å². The van der Waals surface area contributed by atoms with E-state index in [4.69, 9.17) is 9.26 Å². The number of carbonyl (C=O) groups is 1. The van der Waals surface area contributed by atoms with Crippen LogP contribution in [0.15, 0.2) is 59.1 Å². The van der Waals surface area contributed by atoms with Crippen LogP contribution in [-0.4, -0.2) is 39.8 Å². The Kier molecular flexibility index (Phi) is 8.15. The van der Waals surface area contributed by atoms with Gasteiger partial charge in [-0.05, 0) is 87.7 Å². The molecule has 0 spiro atoms. The van der Waals surface area contributed by atoms with Crippen LogP contribution < -0.4 is 4.74 Å². The van der Waals surface area contributed by atoms with Gasteiger partial charge in [0.15, 0.2) is 0 Å². The number of benzene rings is 2. The molecule has 4 aromatic rings. The number of H-pyrrole nitrogens is 1. The van der Waals surface area contributed by atoms with Crippen molar-refractivity contribution in [1.29, 1.82) is 0 Å². The largest absolute Gasteiger partial charge is 0.489 e. The van der Waals surface area contributed by atoms with Gasteiger partial charge in [-0.15, -0.1) is 0 Å². The number of nitrogens with one attached hydrogen (secondary N) is 1. The molecule has 0 bridgehead atoms. The summed E-state index contributed by atoms with van der Waals surface area (Å²) in [5.41, 5.74) is 5.15. The second-order valence-corrected chi connectivity index (χ2v) is 8.94. The molecular weight excluding hydrogens is 459 g/mol. The third-order valence-electron chi connectivity index (χ3n) is 6.22. The van der Waals surface area contributed by atoms with Gasteiger partial charge in [-0.2, -0.15) is 5.10 Å². The summed E-state index contributed by atoms with van der Waals surface area (Å²) < 4.78 is 24.1. The lowest BCUT2D eigenvalue weighted by molar-refractivity contribution is 0.0792. The standard InChI is InChI=1S/C28H31FN4O3/c1-19-26(20(2)36-32-19)18-35-25-14-10-22(11-15-25)28(34)33(3)16-6-4-5-7-24-17-27(31-30-24)21-8-12-23(29)13-9-21/h8-15,17H,4-7,16,18H2,1-3H3,(H,30,31). The predicted molar refractivity (Wildman–Crippen MR) is 135 cm³/mol. The molecule has 8 heteroatoms. The highest BCUT2D eigenvalue weighted by atomic mass is 19.1. The van der Waals surface area contributed by atoms with E-state index in [0.29, 0.717) is 24.5 Å². The zero-order valence-corrected chi connectivity index (χ0v) is 20.9. The summed E-state index contributed by atoms with van der Waals surface area (Å²) in [6.45, 7) is 4.81. The summed E-state index contributed by atoms with van der Waals surface area (Å²) in [7, 11) is 1.83. The molecule has 0 aliphatic carbocycles. The zero-order valence-electron chi connectivity index (χ0n) is 20.9. The Labute approximate surface area is 210 Å². The molecule has 188 valence electrons. The Bertz CT molecular complexity index is 1260. The average Bonchev–Trinajstić information content (AvgIpc) is 3.49. The number of aromatic amines is 1. The van der Waals surface area contributed by atoms with Gasteiger partial charge in [-0.25, -0.2) is 4.39 Å². The molecule has 1 N–H and O–H groups in total. The number of unbranched alkanes of at least 4 members (excludes halogenated alkanes) is 2. The highest BCUT2D eigenvalue weighted by Crippen LogP contribution is 2.20. The van der Waals surface area contributed by atoms with Crippen molar-refractivity contribution in [2.24, 2.45) is 0 Å². The molecule has 2 heterocycles. The van der Waals surface area contributed by atoms with Crippen molar-refractivity contribution in [2.45, 2.75) is 46.1 Å². The first kappa shape index (κ1) is 25.2. The number of hydrogen-bond acceptors (Lipinski definition) is 5. The number of nitrogens with zero attached hydrogens (tertiary/aromatic N) is 3. The van der Waals surface area contributed by atoms with Crippen molar-refractivity contribution in [3.8, 4) is 17.0 Å². The summed E-state index contributed by atoms with van der Waals surface area (Å²) in [5.74, 6) is 1.18. The lowest BCUT2D eigenvalue weighted by Gasteiger charge is -2.17. The predicted octanol–water partition coefficient (Wildman–Crippen LogP) is 5.88. The Morgan fingerprint density at radius 3 is 2.50 bits per heavy atom. The second kappa shape index (κ2) is 11.7. The smallest absolute Gasteiger partial charge is 0.253 e. The Morgan fingerprint density at radius 1 is 1.06 bits per heavy atom. The van der Waals surface area contributed by atoms with E-state index in [1.54, 1.807) is 29.2 Å². The molecule has 36 heavy (non-hydrogen) atoms. The van der Waals surface area contributed by atoms with Crippen LogP contribution in [-0.2, 0) is 13.0 Å². The van der Waals surface area contributed by atoms with Gasteiger partial charge in [0, 0.05) is 30.4 Å². The fourth-order valence-corrected chi connectivity index (χ4v) is 3.98. The molecule has 0 aliphatic heterocycles. The van der Waals surface area contributed by atoms with Crippen LogP contribution in [0.5, 0.6) is 5.75 Å². The highest BCUT2D eigenvalue weighted by molar-refractivity contribution is 5.94. The SMILES string of the molecule is Cc1noc(C)c1COc1ccc(C(=O)N(C)CCCCCc2cc(-c3ccc(F)cc3)n[nH]2)cc1. The van der Waals surface area contributed by atoms with E-state index in [1.165, 1.54) is 12.1 Å². The van der Waals surface area contributed by atoms with Gasteiger partial charge in [0.2, 0.25) is 0 Å². The van der Waals surface area contributed by atoms with E-state index >= 15 is 0 Å². The molecule has 1 amide bonds. The van der Waals surface area contributed by atoms with E-state index in [-0.39, 0.29) is 11.7 Å². The summed E-state index contributed by atoms with van der Waals surface area (Å²) in [6.07, 6.45) is 3.78. The van der Waals surface area contributed by atoms with Crippen LogP contribution in [0.4, 0.5) is 4.39 Å². The van der Waals surface area contributed by atoms with E-state index in [1.807, 2.05) is 39.1 Å². The number of hydrogen-bond donors (Lipinski definition) is 1. The average molecular weight is 491 g/mol. The van der Waals surface area contributed by atoms with Crippen LogP contribution in [0, 0.1) is 19.7 Å². The van der Waals surface area contributed by atoms with E-state index in [0.717, 1.165) is 59.7 Å². The third-order valence-corrected chi connectivity index (χ3v) is 6.22. The first-order valence-electron chi connectivity index (χ1n) is 12.1. The first-order chi connectivity index (χ1) is 17.4. The molecule has 0 atom stereocenters. The summed E-state index contributed by atoms with van der Waals surface area (Å²) in [4.78, 5) is 14.5. The number of aryl methyl sites for hydroxylation is 3. The molecule has 2 aromatic carbocycles. The summed E-state index contributed by atoms with van der Waals surface area (Å²) in [5, 5.41) is 11.3. The molecule has 0 fully saturated rings.